The highest BCUT2D eigenvalue weighted by Gasteiger charge is 2.16. The molecule has 7 nitrogen and oxygen atoms in total. The lowest BCUT2D eigenvalue weighted by Crippen LogP contribution is -2.22. The Morgan fingerprint density at radius 2 is 2.25 bits per heavy atom. The molecule has 0 atom stereocenters. The number of aromatic nitrogens is 4. The van der Waals surface area contributed by atoms with Crippen molar-refractivity contribution in [1.29, 1.82) is 0 Å². The maximum Gasteiger partial charge on any atom is 0.258 e. The number of nitrogens with one attached hydrogen (secondary N) is 2. The molecule has 20 heavy (non-hydrogen) atoms. The van der Waals surface area contributed by atoms with Gasteiger partial charge in [-0.05, 0) is 13.8 Å². The Balaban J connectivity index is 2.10. The molecule has 0 unspecified atom stereocenters. The molecule has 2 N–H and O–H groups in total. The van der Waals surface area contributed by atoms with Crippen molar-refractivity contribution < 1.29 is 4.79 Å². The van der Waals surface area contributed by atoms with Gasteiger partial charge in [0, 0.05) is 32.5 Å². The Labute approximate surface area is 118 Å². The zero-order valence-electron chi connectivity index (χ0n) is 12.2. The quantitative estimate of drug-likeness (QED) is 0.867. The molecule has 2 rings (SSSR count). The van der Waals surface area contributed by atoms with Gasteiger partial charge in [0.25, 0.3) is 5.91 Å². The highest BCUT2D eigenvalue weighted by molar-refractivity contribution is 5.98. The minimum atomic E-state index is -0.0894. The lowest BCUT2D eigenvalue weighted by molar-refractivity contribution is 0.0828. The standard InChI is InChI=1S/C13H20N6O/c1-9(2)19-6-5-14-11(19)8-15-12-10(7-16-17-12)13(20)18(3)4/h5-7,9H,8H2,1-4H3,(H2,15,16,17). The van der Waals surface area contributed by atoms with Gasteiger partial charge in [0.05, 0.1) is 12.7 Å². The van der Waals surface area contributed by atoms with Gasteiger partial charge in [-0.15, -0.1) is 0 Å². The van der Waals surface area contributed by atoms with E-state index >= 15 is 0 Å². The zero-order valence-corrected chi connectivity index (χ0v) is 12.2. The van der Waals surface area contributed by atoms with Gasteiger partial charge < -0.3 is 14.8 Å². The molecule has 0 aliphatic rings. The van der Waals surface area contributed by atoms with Crippen LogP contribution in [0.2, 0.25) is 0 Å². The summed E-state index contributed by atoms with van der Waals surface area (Å²) in [7, 11) is 3.43. The van der Waals surface area contributed by atoms with Crippen LogP contribution in [0.15, 0.2) is 18.6 Å². The second-order valence-electron chi connectivity index (χ2n) is 5.06. The molecule has 0 aliphatic heterocycles. The first-order valence-corrected chi connectivity index (χ1v) is 6.51. The van der Waals surface area contributed by atoms with Crippen LogP contribution in [0.3, 0.4) is 0 Å². The van der Waals surface area contributed by atoms with Gasteiger partial charge in [0.15, 0.2) is 0 Å². The van der Waals surface area contributed by atoms with Crippen LogP contribution in [0.5, 0.6) is 0 Å². The summed E-state index contributed by atoms with van der Waals surface area (Å²) in [5.41, 5.74) is 0.526. The third-order valence-electron chi connectivity index (χ3n) is 3.00. The van der Waals surface area contributed by atoms with Crippen LogP contribution in [-0.4, -0.2) is 44.7 Å². The van der Waals surface area contributed by atoms with Gasteiger partial charge in [-0.1, -0.05) is 0 Å². The average molecular weight is 276 g/mol. The van der Waals surface area contributed by atoms with E-state index in [-0.39, 0.29) is 5.91 Å². The monoisotopic (exact) mass is 276 g/mol. The van der Waals surface area contributed by atoms with E-state index in [1.165, 1.54) is 11.1 Å². The number of aromatic amines is 1. The topological polar surface area (TPSA) is 78.8 Å². The number of H-pyrrole nitrogens is 1. The molecule has 0 saturated heterocycles. The first-order chi connectivity index (χ1) is 9.50. The number of anilines is 1. The molecule has 2 heterocycles. The van der Waals surface area contributed by atoms with Gasteiger partial charge in [-0.2, -0.15) is 5.10 Å². The fourth-order valence-electron chi connectivity index (χ4n) is 1.94. The SMILES string of the molecule is CC(C)n1ccnc1CNc1[nH]ncc1C(=O)N(C)C. The van der Waals surface area contributed by atoms with E-state index in [4.69, 9.17) is 0 Å². The lowest BCUT2D eigenvalue weighted by Gasteiger charge is -2.13. The maximum atomic E-state index is 12.0. The number of amides is 1. The van der Waals surface area contributed by atoms with E-state index in [0.717, 1.165) is 5.82 Å². The number of nitrogens with zero attached hydrogens (tertiary/aromatic N) is 4. The highest BCUT2D eigenvalue weighted by Crippen LogP contribution is 2.15. The molecule has 0 fully saturated rings. The van der Waals surface area contributed by atoms with E-state index < -0.39 is 0 Å². The zero-order chi connectivity index (χ0) is 14.7. The smallest absolute Gasteiger partial charge is 0.258 e. The summed E-state index contributed by atoms with van der Waals surface area (Å²) in [5, 5.41) is 9.91. The van der Waals surface area contributed by atoms with Crippen LogP contribution in [0.1, 0.15) is 36.1 Å². The molecule has 0 spiro atoms. The molecule has 0 saturated carbocycles. The molecule has 0 aliphatic carbocycles. The Morgan fingerprint density at radius 1 is 1.50 bits per heavy atom. The van der Waals surface area contributed by atoms with Crippen LogP contribution in [0.25, 0.3) is 0 Å². The van der Waals surface area contributed by atoms with Gasteiger partial charge in [-0.25, -0.2) is 4.98 Å². The van der Waals surface area contributed by atoms with Crippen molar-refractivity contribution in [3.8, 4) is 0 Å². The summed E-state index contributed by atoms with van der Waals surface area (Å²) >= 11 is 0. The van der Waals surface area contributed by atoms with Crippen molar-refractivity contribution in [2.24, 2.45) is 0 Å². The van der Waals surface area contributed by atoms with Crippen molar-refractivity contribution in [3.05, 3.63) is 30.0 Å². The van der Waals surface area contributed by atoms with Crippen LogP contribution >= 0.6 is 0 Å². The van der Waals surface area contributed by atoms with Crippen LogP contribution in [-0.2, 0) is 6.54 Å². The normalized spacial score (nSPS) is 10.8. The molecular formula is C13H20N6O. The van der Waals surface area contributed by atoms with E-state index in [2.05, 4.69) is 38.9 Å². The highest BCUT2D eigenvalue weighted by atomic mass is 16.2. The van der Waals surface area contributed by atoms with Crippen molar-refractivity contribution in [1.82, 2.24) is 24.6 Å². The van der Waals surface area contributed by atoms with Crippen LogP contribution in [0.4, 0.5) is 5.82 Å². The summed E-state index contributed by atoms with van der Waals surface area (Å²) in [5.74, 6) is 1.44. The molecule has 0 radical (unpaired) electrons. The lowest BCUT2D eigenvalue weighted by atomic mass is 10.3. The molecule has 2 aromatic heterocycles. The van der Waals surface area contributed by atoms with Crippen LogP contribution in [0, 0.1) is 0 Å². The number of carbonyl (C=O) groups excluding carboxylic acids is 1. The minimum Gasteiger partial charge on any atom is -0.363 e. The molecule has 0 bridgehead atoms. The summed E-state index contributed by atoms with van der Waals surface area (Å²) in [6.45, 7) is 4.73. The summed E-state index contributed by atoms with van der Waals surface area (Å²) in [6, 6.07) is 0.346. The van der Waals surface area contributed by atoms with E-state index in [0.29, 0.717) is 24.0 Å². The molecular weight excluding hydrogens is 256 g/mol. The second-order valence-corrected chi connectivity index (χ2v) is 5.06. The predicted octanol–water partition coefficient (Wildman–Crippen LogP) is 1.50. The second kappa shape index (κ2) is 5.77. The van der Waals surface area contributed by atoms with Crippen molar-refractivity contribution in [2.45, 2.75) is 26.4 Å². The van der Waals surface area contributed by atoms with Crippen LogP contribution < -0.4 is 5.32 Å². The van der Waals surface area contributed by atoms with Gasteiger partial charge >= 0.3 is 0 Å². The van der Waals surface area contributed by atoms with Gasteiger partial charge in [0.2, 0.25) is 0 Å². The predicted molar refractivity (Wildman–Crippen MR) is 76.5 cm³/mol. The first-order valence-electron chi connectivity index (χ1n) is 6.51. The molecule has 0 aromatic carbocycles. The summed E-state index contributed by atoms with van der Waals surface area (Å²) < 4.78 is 2.08. The number of rotatable bonds is 5. The third-order valence-corrected chi connectivity index (χ3v) is 3.00. The number of imidazole rings is 1. The fourth-order valence-corrected chi connectivity index (χ4v) is 1.94. The Kier molecular flexibility index (Phi) is 4.07. The fraction of sp³-hybridized carbons (Fsp3) is 0.462. The Morgan fingerprint density at radius 3 is 2.90 bits per heavy atom. The number of hydrogen-bond acceptors (Lipinski definition) is 4. The molecule has 108 valence electrons. The van der Waals surface area contributed by atoms with E-state index in [1.54, 1.807) is 20.3 Å². The largest absolute Gasteiger partial charge is 0.363 e. The van der Waals surface area contributed by atoms with Gasteiger partial charge in [-0.3, -0.25) is 9.89 Å². The molecule has 2 aromatic rings. The van der Waals surface area contributed by atoms with Gasteiger partial charge in [0.1, 0.15) is 17.2 Å². The first kappa shape index (κ1) is 14.1. The molecule has 7 heteroatoms. The van der Waals surface area contributed by atoms with E-state index in [1.807, 2.05) is 6.20 Å². The van der Waals surface area contributed by atoms with Crippen molar-refractivity contribution >= 4 is 11.7 Å². The van der Waals surface area contributed by atoms with Crippen molar-refractivity contribution in [3.63, 3.8) is 0 Å². The van der Waals surface area contributed by atoms with Crippen molar-refractivity contribution in [2.75, 3.05) is 19.4 Å². The average Bonchev–Trinajstić information content (AvgIpc) is 3.03. The molecule has 1 amide bonds. The number of hydrogen-bond donors (Lipinski definition) is 2. The Hall–Kier alpha value is -2.31. The Bertz CT molecular complexity index is 583. The number of carbonyl (C=O) groups is 1. The third kappa shape index (κ3) is 2.81. The summed E-state index contributed by atoms with van der Waals surface area (Å²) in [6.07, 6.45) is 5.25. The minimum absolute atomic E-state index is 0.0894. The maximum absolute atomic E-state index is 12.0. The van der Waals surface area contributed by atoms with E-state index in [9.17, 15) is 4.79 Å². The summed E-state index contributed by atoms with van der Waals surface area (Å²) in [4.78, 5) is 17.8.